The van der Waals surface area contributed by atoms with E-state index in [2.05, 4.69) is 25.3 Å². The fraction of sp³-hybridized carbons (Fsp3) is 0. The van der Waals surface area contributed by atoms with Gasteiger partial charge in [0.1, 0.15) is 11.6 Å². The van der Waals surface area contributed by atoms with Crippen LogP contribution in [-0.2, 0) is 0 Å². The number of carbonyl (C=O) groups excluding carboxylic acids is 1. The highest BCUT2D eigenvalue weighted by Gasteiger charge is 2.17. The van der Waals surface area contributed by atoms with Crippen molar-refractivity contribution in [2.75, 3.05) is 5.32 Å². The molecular formula is C18H10Cl2FN5O. The fourth-order valence-electron chi connectivity index (χ4n) is 2.55. The Kier molecular flexibility index (Phi) is 4.47. The van der Waals surface area contributed by atoms with Crippen molar-refractivity contribution in [2.45, 2.75) is 0 Å². The lowest BCUT2D eigenvalue weighted by Crippen LogP contribution is -2.13. The lowest BCUT2D eigenvalue weighted by atomic mass is 10.2. The van der Waals surface area contributed by atoms with E-state index in [1.165, 1.54) is 30.6 Å². The van der Waals surface area contributed by atoms with E-state index in [1.54, 1.807) is 18.2 Å². The first kappa shape index (κ1) is 17.4. The zero-order chi connectivity index (χ0) is 19.0. The van der Waals surface area contributed by atoms with Crippen LogP contribution in [0.3, 0.4) is 0 Å². The minimum absolute atomic E-state index is 0.0813. The van der Waals surface area contributed by atoms with Crippen LogP contribution < -0.4 is 5.32 Å². The summed E-state index contributed by atoms with van der Waals surface area (Å²) in [6, 6.07) is 8.90. The fourth-order valence-corrected chi connectivity index (χ4v) is 3.00. The molecule has 0 atom stereocenters. The Morgan fingerprint density at radius 2 is 1.78 bits per heavy atom. The molecule has 6 nitrogen and oxygen atoms in total. The third-order valence-electron chi connectivity index (χ3n) is 3.85. The SMILES string of the molecule is O=C(Nc1c(Cl)ccnc1Cl)c1ccnc2nc(-c3ccc(F)cc3)[nH]c12. The number of nitrogens with zero attached hydrogens (tertiary/aromatic N) is 3. The standard InChI is InChI=1S/C18H10Cl2FN5O/c19-12-6-8-22-15(20)14(12)25-18(27)11-5-7-23-17-13(11)24-16(26-17)9-1-3-10(21)4-2-9/h1-8H,(H,25,27)(H,23,24,26). The van der Waals surface area contributed by atoms with Crippen LogP contribution in [0.15, 0.2) is 48.8 Å². The Bertz CT molecular complexity index is 1140. The topological polar surface area (TPSA) is 83.6 Å². The average molecular weight is 402 g/mol. The summed E-state index contributed by atoms with van der Waals surface area (Å²) < 4.78 is 13.1. The molecule has 0 spiro atoms. The third-order valence-corrected chi connectivity index (χ3v) is 4.45. The first-order chi connectivity index (χ1) is 13.0. The zero-order valence-electron chi connectivity index (χ0n) is 13.5. The molecule has 0 saturated carbocycles. The molecule has 3 heterocycles. The number of benzene rings is 1. The predicted octanol–water partition coefficient (Wildman–Crippen LogP) is 4.72. The van der Waals surface area contributed by atoms with Crippen LogP contribution in [0.5, 0.6) is 0 Å². The molecule has 0 aliphatic carbocycles. The summed E-state index contributed by atoms with van der Waals surface area (Å²) in [4.78, 5) is 28.2. The molecule has 134 valence electrons. The number of amides is 1. The molecule has 0 aliphatic rings. The quantitative estimate of drug-likeness (QED) is 0.486. The van der Waals surface area contributed by atoms with E-state index in [1.807, 2.05) is 0 Å². The van der Waals surface area contributed by atoms with Crippen LogP contribution in [0.25, 0.3) is 22.6 Å². The summed E-state index contributed by atoms with van der Waals surface area (Å²) in [5.74, 6) is -0.332. The highest BCUT2D eigenvalue weighted by molar-refractivity contribution is 6.39. The lowest BCUT2D eigenvalue weighted by Gasteiger charge is -2.08. The molecule has 0 bridgehead atoms. The van der Waals surface area contributed by atoms with Gasteiger partial charge >= 0.3 is 0 Å². The number of anilines is 1. The van der Waals surface area contributed by atoms with E-state index >= 15 is 0 Å². The summed E-state index contributed by atoms with van der Waals surface area (Å²) in [5.41, 5.74) is 1.97. The van der Waals surface area contributed by atoms with E-state index in [-0.39, 0.29) is 21.7 Å². The molecule has 0 saturated heterocycles. The van der Waals surface area contributed by atoms with Crippen molar-refractivity contribution in [1.29, 1.82) is 0 Å². The molecule has 0 unspecified atom stereocenters. The molecule has 4 rings (SSSR count). The second-order valence-corrected chi connectivity index (χ2v) is 6.33. The van der Waals surface area contributed by atoms with E-state index in [0.29, 0.717) is 28.1 Å². The highest BCUT2D eigenvalue weighted by atomic mass is 35.5. The molecule has 0 aliphatic heterocycles. The van der Waals surface area contributed by atoms with Crippen LogP contribution in [0, 0.1) is 5.82 Å². The van der Waals surface area contributed by atoms with Crippen molar-refractivity contribution in [1.82, 2.24) is 19.9 Å². The van der Waals surface area contributed by atoms with Gasteiger partial charge < -0.3 is 10.3 Å². The minimum atomic E-state index is -0.450. The second-order valence-electron chi connectivity index (χ2n) is 5.56. The number of carbonyl (C=O) groups is 1. The number of hydrogen-bond acceptors (Lipinski definition) is 4. The van der Waals surface area contributed by atoms with Crippen molar-refractivity contribution < 1.29 is 9.18 Å². The summed E-state index contributed by atoms with van der Waals surface area (Å²) in [6.45, 7) is 0. The largest absolute Gasteiger partial charge is 0.336 e. The van der Waals surface area contributed by atoms with Crippen molar-refractivity contribution in [3.05, 3.63) is 70.3 Å². The summed E-state index contributed by atoms with van der Waals surface area (Å²) in [5, 5.41) is 3.00. The van der Waals surface area contributed by atoms with Crippen LogP contribution in [0.2, 0.25) is 10.2 Å². The molecule has 3 aromatic heterocycles. The minimum Gasteiger partial charge on any atom is -0.336 e. The Morgan fingerprint density at radius 1 is 1.04 bits per heavy atom. The summed E-state index contributed by atoms with van der Waals surface area (Å²) in [7, 11) is 0. The number of pyridine rings is 2. The number of fused-ring (bicyclic) bond motifs is 1. The molecular weight excluding hydrogens is 392 g/mol. The van der Waals surface area contributed by atoms with Crippen molar-refractivity contribution >= 4 is 46.0 Å². The zero-order valence-corrected chi connectivity index (χ0v) is 15.0. The number of imidazole rings is 1. The van der Waals surface area contributed by atoms with Gasteiger partial charge in [-0.2, -0.15) is 0 Å². The Hall–Kier alpha value is -3.03. The maximum absolute atomic E-state index is 13.1. The number of rotatable bonds is 3. The molecule has 27 heavy (non-hydrogen) atoms. The van der Waals surface area contributed by atoms with E-state index in [9.17, 15) is 9.18 Å². The van der Waals surface area contributed by atoms with E-state index in [0.717, 1.165) is 0 Å². The van der Waals surface area contributed by atoms with Crippen LogP contribution in [0.1, 0.15) is 10.4 Å². The van der Waals surface area contributed by atoms with Gasteiger partial charge in [0.05, 0.1) is 21.8 Å². The van der Waals surface area contributed by atoms with Gasteiger partial charge in [-0.25, -0.2) is 19.3 Å². The molecule has 1 amide bonds. The van der Waals surface area contributed by atoms with Gasteiger partial charge in [0.25, 0.3) is 5.91 Å². The number of hydrogen-bond donors (Lipinski definition) is 2. The monoisotopic (exact) mass is 401 g/mol. The van der Waals surface area contributed by atoms with Gasteiger partial charge in [-0.15, -0.1) is 0 Å². The van der Waals surface area contributed by atoms with Crippen molar-refractivity contribution in [3.63, 3.8) is 0 Å². The van der Waals surface area contributed by atoms with E-state index in [4.69, 9.17) is 23.2 Å². The van der Waals surface area contributed by atoms with Crippen LogP contribution >= 0.6 is 23.2 Å². The number of halogens is 3. The number of aromatic amines is 1. The third kappa shape index (κ3) is 3.34. The first-order valence-corrected chi connectivity index (χ1v) is 8.50. The van der Waals surface area contributed by atoms with E-state index < -0.39 is 5.91 Å². The van der Waals surface area contributed by atoms with Crippen LogP contribution in [0.4, 0.5) is 10.1 Å². The van der Waals surface area contributed by atoms with Crippen molar-refractivity contribution in [2.24, 2.45) is 0 Å². The maximum atomic E-state index is 13.1. The number of nitrogens with one attached hydrogen (secondary N) is 2. The van der Waals surface area contributed by atoms with Crippen LogP contribution in [-0.4, -0.2) is 25.8 Å². The second kappa shape index (κ2) is 6.94. The van der Waals surface area contributed by atoms with Gasteiger partial charge in [0, 0.05) is 18.0 Å². The molecule has 9 heteroatoms. The molecule has 0 fully saturated rings. The Labute approximate surface area is 162 Å². The Morgan fingerprint density at radius 3 is 2.52 bits per heavy atom. The first-order valence-electron chi connectivity index (χ1n) is 7.75. The van der Waals surface area contributed by atoms with Crippen molar-refractivity contribution in [3.8, 4) is 11.4 Å². The molecule has 1 aromatic carbocycles. The maximum Gasteiger partial charge on any atom is 0.258 e. The highest BCUT2D eigenvalue weighted by Crippen LogP contribution is 2.29. The summed E-state index contributed by atoms with van der Waals surface area (Å²) in [6.07, 6.45) is 2.91. The average Bonchev–Trinajstić information content (AvgIpc) is 3.09. The molecule has 2 N–H and O–H groups in total. The van der Waals surface area contributed by atoms with Gasteiger partial charge in [0.2, 0.25) is 0 Å². The smallest absolute Gasteiger partial charge is 0.258 e. The molecule has 0 radical (unpaired) electrons. The van der Waals surface area contributed by atoms with Gasteiger partial charge in [-0.1, -0.05) is 23.2 Å². The summed E-state index contributed by atoms with van der Waals surface area (Å²) >= 11 is 12.1. The number of H-pyrrole nitrogens is 1. The molecule has 4 aromatic rings. The lowest BCUT2D eigenvalue weighted by molar-refractivity contribution is 0.102. The van der Waals surface area contributed by atoms with Gasteiger partial charge in [0.15, 0.2) is 10.8 Å². The Balaban J connectivity index is 1.73. The number of aromatic nitrogens is 4. The van der Waals surface area contributed by atoms with Gasteiger partial charge in [-0.05, 0) is 36.4 Å². The van der Waals surface area contributed by atoms with Gasteiger partial charge in [-0.3, -0.25) is 4.79 Å². The predicted molar refractivity (Wildman–Crippen MR) is 101 cm³/mol. The normalized spacial score (nSPS) is 10.9.